The molecule has 0 radical (unpaired) electrons. The van der Waals surface area contributed by atoms with Crippen molar-refractivity contribution in [1.29, 1.82) is 0 Å². The first kappa shape index (κ1) is 15.2. The molecule has 0 saturated carbocycles. The second kappa shape index (κ2) is 6.48. The molecule has 0 amide bonds. The van der Waals surface area contributed by atoms with Gasteiger partial charge in [0.2, 0.25) is 0 Å². The Balaban J connectivity index is 2.59. The van der Waals surface area contributed by atoms with E-state index in [0.29, 0.717) is 5.56 Å². The SMILES string of the molecule is CNC(c1cc(Br)ccc1Br)c1c(F)cccc1Br. The van der Waals surface area contributed by atoms with Crippen molar-refractivity contribution in [3.05, 3.63) is 66.8 Å². The number of hydrogen-bond acceptors (Lipinski definition) is 1. The van der Waals surface area contributed by atoms with Crippen LogP contribution in [-0.2, 0) is 0 Å². The molecule has 1 unspecified atom stereocenters. The third-order valence-corrected chi connectivity index (χ3v) is 4.75. The van der Waals surface area contributed by atoms with Crippen molar-refractivity contribution in [2.24, 2.45) is 0 Å². The summed E-state index contributed by atoms with van der Waals surface area (Å²) in [5, 5.41) is 3.16. The van der Waals surface area contributed by atoms with Gasteiger partial charge in [-0.3, -0.25) is 0 Å². The number of rotatable bonds is 3. The van der Waals surface area contributed by atoms with Gasteiger partial charge in [-0.2, -0.15) is 0 Å². The summed E-state index contributed by atoms with van der Waals surface area (Å²) in [5.41, 5.74) is 1.58. The smallest absolute Gasteiger partial charge is 0.129 e. The van der Waals surface area contributed by atoms with Crippen LogP contribution in [0.1, 0.15) is 17.2 Å². The topological polar surface area (TPSA) is 12.0 Å². The Morgan fingerprint density at radius 1 is 1.05 bits per heavy atom. The van der Waals surface area contributed by atoms with Gasteiger partial charge in [-0.1, -0.05) is 53.9 Å². The molecule has 0 aliphatic carbocycles. The average molecular weight is 452 g/mol. The lowest BCUT2D eigenvalue weighted by atomic mass is 9.98. The molecule has 0 aromatic heterocycles. The van der Waals surface area contributed by atoms with Gasteiger partial charge in [0.25, 0.3) is 0 Å². The van der Waals surface area contributed by atoms with Crippen LogP contribution in [0.25, 0.3) is 0 Å². The molecule has 0 heterocycles. The van der Waals surface area contributed by atoms with Crippen LogP contribution in [0.2, 0.25) is 0 Å². The lowest BCUT2D eigenvalue weighted by molar-refractivity contribution is 0.573. The van der Waals surface area contributed by atoms with Crippen LogP contribution in [0.5, 0.6) is 0 Å². The summed E-state index contributed by atoms with van der Waals surface area (Å²) in [7, 11) is 1.82. The van der Waals surface area contributed by atoms with E-state index >= 15 is 0 Å². The Bertz CT molecular complexity index is 581. The van der Waals surface area contributed by atoms with Crippen LogP contribution in [0.3, 0.4) is 0 Å². The van der Waals surface area contributed by atoms with E-state index in [2.05, 4.69) is 53.1 Å². The first-order valence-electron chi connectivity index (χ1n) is 5.60. The maximum absolute atomic E-state index is 14.1. The normalized spacial score (nSPS) is 12.5. The molecule has 2 rings (SSSR count). The molecular formula is C14H11Br3FN. The molecule has 0 aliphatic heterocycles. The van der Waals surface area contributed by atoms with Crippen molar-refractivity contribution in [2.75, 3.05) is 7.05 Å². The highest BCUT2D eigenvalue weighted by atomic mass is 79.9. The fourth-order valence-electron chi connectivity index (χ4n) is 1.98. The number of halogens is 4. The van der Waals surface area contributed by atoms with E-state index in [1.807, 2.05) is 31.3 Å². The maximum atomic E-state index is 14.1. The summed E-state index contributed by atoms with van der Waals surface area (Å²) in [6.07, 6.45) is 0. The zero-order valence-corrected chi connectivity index (χ0v) is 14.8. The molecule has 2 aromatic carbocycles. The number of nitrogens with one attached hydrogen (secondary N) is 1. The second-order valence-corrected chi connectivity index (χ2v) is 6.65. The van der Waals surface area contributed by atoms with E-state index in [0.717, 1.165) is 19.0 Å². The Labute approximate surface area is 137 Å². The number of benzene rings is 2. The molecule has 0 aliphatic rings. The molecule has 0 fully saturated rings. The van der Waals surface area contributed by atoms with Crippen molar-refractivity contribution < 1.29 is 4.39 Å². The van der Waals surface area contributed by atoms with Crippen molar-refractivity contribution in [3.63, 3.8) is 0 Å². The molecule has 0 saturated heterocycles. The first-order valence-corrected chi connectivity index (χ1v) is 7.98. The summed E-state index contributed by atoms with van der Waals surface area (Å²) in [6, 6.07) is 10.6. The van der Waals surface area contributed by atoms with E-state index in [4.69, 9.17) is 0 Å². The number of hydrogen-bond donors (Lipinski definition) is 1. The van der Waals surface area contributed by atoms with Gasteiger partial charge in [0.15, 0.2) is 0 Å². The van der Waals surface area contributed by atoms with Crippen molar-refractivity contribution in [3.8, 4) is 0 Å². The summed E-state index contributed by atoms with van der Waals surface area (Å²) in [4.78, 5) is 0. The maximum Gasteiger partial charge on any atom is 0.129 e. The predicted molar refractivity (Wildman–Crippen MR) is 86.8 cm³/mol. The van der Waals surface area contributed by atoms with Crippen molar-refractivity contribution in [2.45, 2.75) is 6.04 Å². The molecule has 0 bridgehead atoms. The highest BCUT2D eigenvalue weighted by Gasteiger charge is 2.21. The van der Waals surface area contributed by atoms with Crippen LogP contribution in [0.4, 0.5) is 4.39 Å². The van der Waals surface area contributed by atoms with Crippen LogP contribution in [-0.4, -0.2) is 7.05 Å². The molecule has 1 nitrogen and oxygen atoms in total. The minimum atomic E-state index is -0.236. The minimum Gasteiger partial charge on any atom is -0.309 e. The molecule has 2 aromatic rings. The molecule has 100 valence electrons. The summed E-state index contributed by atoms with van der Waals surface area (Å²) in [5.74, 6) is -0.236. The van der Waals surface area contributed by atoms with Crippen LogP contribution in [0.15, 0.2) is 49.8 Å². The van der Waals surface area contributed by atoms with Gasteiger partial charge in [0, 0.05) is 19.0 Å². The summed E-state index contributed by atoms with van der Waals surface area (Å²) >= 11 is 10.4. The Morgan fingerprint density at radius 3 is 2.42 bits per heavy atom. The quantitative estimate of drug-likeness (QED) is 0.656. The van der Waals surface area contributed by atoms with Gasteiger partial charge >= 0.3 is 0 Å². The standard InChI is InChI=1S/C14H11Br3FN/c1-19-14(9-7-8(15)5-6-10(9)16)13-11(17)3-2-4-12(13)18/h2-7,14,19H,1H3. The van der Waals surface area contributed by atoms with Gasteiger partial charge in [-0.15, -0.1) is 0 Å². The van der Waals surface area contributed by atoms with Crippen LogP contribution in [0, 0.1) is 5.82 Å². The lowest BCUT2D eigenvalue weighted by Crippen LogP contribution is -2.20. The first-order chi connectivity index (χ1) is 9.04. The zero-order chi connectivity index (χ0) is 14.0. The second-order valence-electron chi connectivity index (χ2n) is 4.02. The van der Waals surface area contributed by atoms with Crippen molar-refractivity contribution in [1.82, 2.24) is 5.32 Å². The zero-order valence-electron chi connectivity index (χ0n) is 10.1. The van der Waals surface area contributed by atoms with Crippen LogP contribution < -0.4 is 5.32 Å². The third kappa shape index (κ3) is 3.27. The predicted octanol–water partition coefficient (Wildman–Crippen LogP) is 5.42. The van der Waals surface area contributed by atoms with Crippen molar-refractivity contribution >= 4 is 47.8 Å². The minimum absolute atomic E-state index is 0.234. The van der Waals surface area contributed by atoms with E-state index in [1.54, 1.807) is 6.07 Å². The fraction of sp³-hybridized carbons (Fsp3) is 0.143. The van der Waals surface area contributed by atoms with E-state index < -0.39 is 0 Å². The van der Waals surface area contributed by atoms with Gasteiger partial charge in [0.05, 0.1) is 6.04 Å². The Hall–Kier alpha value is -0.230. The van der Waals surface area contributed by atoms with Gasteiger partial charge in [-0.05, 0) is 42.9 Å². The highest BCUT2D eigenvalue weighted by molar-refractivity contribution is 9.11. The monoisotopic (exact) mass is 449 g/mol. The van der Waals surface area contributed by atoms with Gasteiger partial charge < -0.3 is 5.32 Å². The molecule has 5 heteroatoms. The highest BCUT2D eigenvalue weighted by Crippen LogP contribution is 2.35. The lowest BCUT2D eigenvalue weighted by Gasteiger charge is -2.21. The molecular weight excluding hydrogens is 441 g/mol. The fourth-order valence-corrected chi connectivity index (χ4v) is 3.40. The molecule has 1 atom stereocenters. The molecule has 19 heavy (non-hydrogen) atoms. The van der Waals surface area contributed by atoms with E-state index in [1.165, 1.54) is 6.07 Å². The Morgan fingerprint density at radius 2 is 1.79 bits per heavy atom. The van der Waals surface area contributed by atoms with E-state index in [-0.39, 0.29) is 11.9 Å². The molecule has 0 spiro atoms. The summed E-state index contributed by atoms with van der Waals surface area (Å²) in [6.45, 7) is 0. The van der Waals surface area contributed by atoms with Gasteiger partial charge in [-0.25, -0.2) is 4.39 Å². The van der Waals surface area contributed by atoms with E-state index in [9.17, 15) is 4.39 Å². The third-order valence-electron chi connectivity index (χ3n) is 2.85. The summed E-state index contributed by atoms with van der Waals surface area (Å²) < 4.78 is 16.7. The van der Waals surface area contributed by atoms with Gasteiger partial charge in [0.1, 0.15) is 5.82 Å². The largest absolute Gasteiger partial charge is 0.309 e. The average Bonchev–Trinajstić information content (AvgIpc) is 2.37. The Kier molecular flexibility index (Phi) is 5.17. The van der Waals surface area contributed by atoms with Crippen LogP contribution >= 0.6 is 47.8 Å². The molecule has 1 N–H and O–H groups in total.